The van der Waals surface area contributed by atoms with Crippen molar-refractivity contribution in [2.75, 3.05) is 0 Å². The standard InChI is InChI=1S/C6H15N/c1-5(2)4-6(3)7/h5-6H,4,7H2,1-3H3/t6-/m1/s1/i4D/t4-,6-. The van der Waals surface area contributed by atoms with E-state index < -0.39 is 0 Å². The van der Waals surface area contributed by atoms with Crippen LogP contribution < -0.4 is 5.73 Å². The van der Waals surface area contributed by atoms with Crippen molar-refractivity contribution in [2.24, 2.45) is 11.7 Å². The van der Waals surface area contributed by atoms with Crippen LogP contribution in [0.5, 0.6) is 0 Å². The van der Waals surface area contributed by atoms with Gasteiger partial charge in [-0.3, -0.25) is 0 Å². The first-order valence-electron chi connectivity index (χ1n) is 3.31. The maximum atomic E-state index is 7.36. The van der Waals surface area contributed by atoms with Crippen LogP contribution in [0.15, 0.2) is 0 Å². The van der Waals surface area contributed by atoms with E-state index in [0.29, 0.717) is 5.92 Å². The molecule has 0 heterocycles. The SMILES string of the molecule is [2H][C@H](C(C)C)[C@@H](C)N. The van der Waals surface area contributed by atoms with Gasteiger partial charge in [0.1, 0.15) is 0 Å². The Hall–Kier alpha value is -0.0400. The summed E-state index contributed by atoms with van der Waals surface area (Å²) in [5, 5.41) is 0. The van der Waals surface area contributed by atoms with Crippen molar-refractivity contribution in [1.82, 2.24) is 0 Å². The van der Waals surface area contributed by atoms with E-state index in [-0.39, 0.29) is 12.4 Å². The molecule has 1 nitrogen and oxygen atoms in total. The summed E-state index contributed by atoms with van der Waals surface area (Å²) in [6.45, 7) is 5.90. The van der Waals surface area contributed by atoms with Crippen molar-refractivity contribution >= 4 is 0 Å². The van der Waals surface area contributed by atoms with Crippen molar-refractivity contribution in [3.63, 3.8) is 0 Å². The first kappa shape index (κ1) is 5.10. The predicted octanol–water partition coefficient (Wildman–Crippen LogP) is 1.38. The second-order valence-electron chi connectivity index (χ2n) is 2.30. The molecule has 0 bridgehead atoms. The number of hydrogen-bond acceptors (Lipinski definition) is 1. The highest BCUT2D eigenvalue weighted by molar-refractivity contribution is 4.54. The molecule has 1 heteroatoms. The van der Waals surface area contributed by atoms with Gasteiger partial charge in [-0.05, 0) is 19.2 Å². The zero-order valence-electron chi connectivity index (χ0n) is 6.31. The van der Waals surface area contributed by atoms with Crippen LogP contribution in [0.2, 0.25) is 0 Å². The molecule has 0 spiro atoms. The van der Waals surface area contributed by atoms with E-state index in [1.165, 1.54) is 0 Å². The van der Waals surface area contributed by atoms with E-state index in [9.17, 15) is 0 Å². The van der Waals surface area contributed by atoms with E-state index in [1.807, 2.05) is 20.8 Å². The third-order valence-electron chi connectivity index (χ3n) is 0.688. The molecule has 0 fully saturated rings. The van der Waals surface area contributed by atoms with Crippen LogP contribution in [0.3, 0.4) is 0 Å². The smallest absolute Gasteiger partial charge is 0.0285 e. The Morgan fingerprint density at radius 3 is 2.00 bits per heavy atom. The van der Waals surface area contributed by atoms with Crippen LogP contribution in [0.25, 0.3) is 0 Å². The minimum atomic E-state index is -0.102. The van der Waals surface area contributed by atoms with Crippen molar-refractivity contribution in [3.05, 3.63) is 0 Å². The fourth-order valence-electron chi connectivity index (χ4n) is 0.607. The van der Waals surface area contributed by atoms with Gasteiger partial charge in [0.2, 0.25) is 0 Å². The summed E-state index contributed by atoms with van der Waals surface area (Å²) in [6.07, 6.45) is -0.102. The normalized spacial score (nSPS) is 21.6. The summed E-state index contributed by atoms with van der Waals surface area (Å²) in [5.41, 5.74) is 5.45. The van der Waals surface area contributed by atoms with Crippen LogP contribution in [0.1, 0.15) is 28.5 Å². The van der Waals surface area contributed by atoms with Gasteiger partial charge in [0, 0.05) is 7.41 Å². The highest BCUT2D eigenvalue weighted by Crippen LogP contribution is 2.00. The summed E-state index contributed by atoms with van der Waals surface area (Å²) in [7, 11) is 0. The van der Waals surface area contributed by atoms with Gasteiger partial charge in [0.05, 0.1) is 0 Å². The molecule has 0 amide bonds. The molecule has 0 aromatic rings. The van der Waals surface area contributed by atoms with Gasteiger partial charge >= 0.3 is 0 Å². The van der Waals surface area contributed by atoms with E-state index in [4.69, 9.17) is 7.10 Å². The molecule has 0 unspecified atom stereocenters. The van der Waals surface area contributed by atoms with Gasteiger partial charge in [0.25, 0.3) is 0 Å². The lowest BCUT2D eigenvalue weighted by Gasteiger charge is -2.05. The van der Waals surface area contributed by atoms with Gasteiger partial charge in [0.15, 0.2) is 0 Å². The van der Waals surface area contributed by atoms with Crippen molar-refractivity contribution in [1.29, 1.82) is 0 Å². The van der Waals surface area contributed by atoms with Gasteiger partial charge < -0.3 is 5.73 Å². The van der Waals surface area contributed by atoms with Gasteiger partial charge in [-0.2, -0.15) is 0 Å². The zero-order valence-corrected chi connectivity index (χ0v) is 5.31. The molecule has 0 aromatic heterocycles. The lowest BCUT2D eigenvalue weighted by molar-refractivity contribution is 0.520. The molecule has 2 atom stereocenters. The Morgan fingerprint density at radius 1 is 1.57 bits per heavy atom. The predicted molar refractivity (Wildman–Crippen MR) is 33.1 cm³/mol. The fourth-order valence-corrected chi connectivity index (χ4v) is 0.607. The first-order chi connectivity index (χ1) is 3.55. The average Bonchev–Trinajstić information content (AvgIpc) is 1.64. The molecule has 0 rings (SSSR count). The number of nitrogens with two attached hydrogens (primary N) is 1. The van der Waals surface area contributed by atoms with Gasteiger partial charge in [-0.15, -0.1) is 0 Å². The van der Waals surface area contributed by atoms with Gasteiger partial charge in [-0.25, -0.2) is 0 Å². The third-order valence-corrected chi connectivity index (χ3v) is 0.688. The zero-order chi connectivity index (χ0) is 6.73. The van der Waals surface area contributed by atoms with E-state index in [2.05, 4.69) is 0 Å². The quantitative estimate of drug-likeness (QED) is 0.560. The Bertz CT molecular complexity index is 53.5. The van der Waals surface area contributed by atoms with Crippen molar-refractivity contribution < 1.29 is 1.37 Å². The minimum Gasteiger partial charge on any atom is -0.328 e. The molecule has 0 saturated heterocycles. The van der Waals surface area contributed by atoms with Crippen LogP contribution in [-0.2, 0) is 0 Å². The summed E-state index contributed by atoms with van der Waals surface area (Å²) in [6, 6.07) is 0.00926. The summed E-state index contributed by atoms with van der Waals surface area (Å²) >= 11 is 0. The molecule has 0 radical (unpaired) electrons. The second-order valence-corrected chi connectivity index (χ2v) is 2.30. The number of rotatable bonds is 2. The van der Waals surface area contributed by atoms with Crippen molar-refractivity contribution in [2.45, 2.75) is 33.2 Å². The molecule has 7 heavy (non-hydrogen) atoms. The molecule has 0 aliphatic rings. The topological polar surface area (TPSA) is 26.0 Å². The summed E-state index contributed by atoms with van der Waals surface area (Å²) in [5.74, 6) is 0.384. The lowest BCUT2D eigenvalue weighted by Crippen LogP contribution is -2.16. The number of hydrogen-bond donors (Lipinski definition) is 1. The maximum absolute atomic E-state index is 7.36. The van der Waals surface area contributed by atoms with E-state index in [1.54, 1.807) is 0 Å². The highest BCUT2D eigenvalue weighted by Gasteiger charge is 1.95. The molecule has 0 aliphatic heterocycles. The first-order valence-corrected chi connectivity index (χ1v) is 2.73. The van der Waals surface area contributed by atoms with E-state index in [0.717, 1.165) is 0 Å². The van der Waals surface area contributed by atoms with Crippen LogP contribution >= 0.6 is 0 Å². The van der Waals surface area contributed by atoms with Crippen LogP contribution in [0, 0.1) is 5.92 Å². The largest absolute Gasteiger partial charge is 0.328 e. The minimum absolute atomic E-state index is 0.00926. The fraction of sp³-hybridized carbons (Fsp3) is 1.00. The Kier molecular flexibility index (Phi) is 2.21. The highest BCUT2D eigenvalue weighted by atomic mass is 14.6. The third kappa shape index (κ3) is 5.96. The molecular formula is C6H15N. The van der Waals surface area contributed by atoms with Gasteiger partial charge in [-0.1, -0.05) is 13.8 Å². The summed E-state index contributed by atoms with van der Waals surface area (Å²) in [4.78, 5) is 0. The van der Waals surface area contributed by atoms with E-state index >= 15 is 0 Å². The van der Waals surface area contributed by atoms with Crippen molar-refractivity contribution in [3.8, 4) is 0 Å². The molecule has 0 aliphatic carbocycles. The maximum Gasteiger partial charge on any atom is 0.0285 e. The second kappa shape index (κ2) is 3.03. The Balaban J connectivity index is 3.46. The molecule has 2 N–H and O–H groups in total. The lowest BCUT2D eigenvalue weighted by atomic mass is 10.1. The molecular weight excluding hydrogens is 86.1 g/mol. The van der Waals surface area contributed by atoms with Crippen LogP contribution in [-0.4, -0.2) is 6.04 Å². The molecule has 0 saturated carbocycles. The molecule has 44 valence electrons. The summed E-state index contributed by atoms with van der Waals surface area (Å²) < 4.78 is 7.36. The Labute approximate surface area is 47.3 Å². The molecule has 0 aromatic carbocycles. The average molecular weight is 102 g/mol. The monoisotopic (exact) mass is 102 g/mol. The Morgan fingerprint density at radius 2 is 2.00 bits per heavy atom. The van der Waals surface area contributed by atoms with Crippen LogP contribution in [0.4, 0.5) is 0 Å².